The van der Waals surface area contributed by atoms with Crippen LogP contribution in [-0.2, 0) is 14.8 Å². The molecular formula is C23H26N2O5S2. The Morgan fingerprint density at radius 2 is 2.00 bits per heavy atom. The van der Waals surface area contributed by atoms with Gasteiger partial charge in [0.05, 0.1) is 28.7 Å². The minimum absolute atomic E-state index is 0.0844. The average Bonchev–Trinajstić information content (AvgIpc) is 3.47. The summed E-state index contributed by atoms with van der Waals surface area (Å²) in [7, 11) is -2.20. The highest BCUT2D eigenvalue weighted by molar-refractivity contribution is 7.92. The molecule has 3 aromatic rings. The van der Waals surface area contributed by atoms with E-state index in [4.69, 9.17) is 9.47 Å². The number of anilines is 1. The number of benzene rings is 2. The average molecular weight is 475 g/mol. The number of ether oxygens (including phenoxy) is 2. The molecule has 0 bridgehead atoms. The Morgan fingerprint density at radius 3 is 2.66 bits per heavy atom. The number of methoxy groups -OCH3 is 1. The molecule has 0 unspecified atom stereocenters. The molecule has 9 heteroatoms. The molecule has 1 aromatic heterocycles. The van der Waals surface area contributed by atoms with Gasteiger partial charge in [0.25, 0.3) is 15.9 Å². The molecule has 2 aromatic carbocycles. The molecule has 1 N–H and O–H groups in total. The lowest BCUT2D eigenvalue weighted by atomic mass is 10.2. The van der Waals surface area contributed by atoms with E-state index in [9.17, 15) is 13.2 Å². The number of carbonyl (C=O) groups excluding carboxylic acids is 1. The summed E-state index contributed by atoms with van der Waals surface area (Å²) in [6.07, 6.45) is 2.08. The van der Waals surface area contributed by atoms with E-state index < -0.39 is 10.0 Å². The number of carbonyl (C=O) groups is 1. The van der Waals surface area contributed by atoms with Crippen molar-refractivity contribution in [1.29, 1.82) is 0 Å². The van der Waals surface area contributed by atoms with Gasteiger partial charge in [-0.15, -0.1) is 11.3 Å². The summed E-state index contributed by atoms with van der Waals surface area (Å²) in [5.41, 5.74) is 0.555. The number of hydrogen-bond acceptors (Lipinski definition) is 6. The van der Waals surface area contributed by atoms with Gasteiger partial charge in [-0.25, -0.2) is 8.42 Å². The normalized spacial score (nSPS) is 16.2. The Kier molecular flexibility index (Phi) is 6.68. The first-order valence-corrected chi connectivity index (χ1v) is 12.8. The molecule has 170 valence electrons. The van der Waals surface area contributed by atoms with Crippen molar-refractivity contribution in [3.05, 3.63) is 53.4 Å². The van der Waals surface area contributed by atoms with Crippen LogP contribution in [0.3, 0.4) is 0 Å². The fourth-order valence-electron chi connectivity index (χ4n) is 3.76. The summed E-state index contributed by atoms with van der Waals surface area (Å²) >= 11 is 1.39. The number of thiophene rings is 1. The van der Waals surface area contributed by atoms with E-state index in [2.05, 4.69) is 5.32 Å². The lowest BCUT2D eigenvalue weighted by Crippen LogP contribution is -2.31. The van der Waals surface area contributed by atoms with Gasteiger partial charge in [-0.05, 0) is 73.7 Å². The molecule has 1 aliphatic heterocycles. The molecule has 0 spiro atoms. The van der Waals surface area contributed by atoms with Crippen LogP contribution in [-0.4, -0.2) is 47.2 Å². The van der Waals surface area contributed by atoms with Crippen molar-refractivity contribution in [3.8, 4) is 5.75 Å². The molecule has 1 aliphatic rings. The highest BCUT2D eigenvalue weighted by Crippen LogP contribution is 2.32. The third kappa shape index (κ3) is 4.60. The second kappa shape index (κ2) is 9.48. The third-order valence-corrected chi connectivity index (χ3v) is 8.49. The Bertz CT molecular complexity index is 1200. The van der Waals surface area contributed by atoms with E-state index in [1.165, 1.54) is 34.9 Å². The maximum Gasteiger partial charge on any atom is 0.264 e. The quantitative estimate of drug-likeness (QED) is 0.533. The first-order valence-electron chi connectivity index (χ1n) is 10.5. The van der Waals surface area contributed by atoms with Crippen molar-refractivity contribution >= 4 is 43.0 Å². The molecule has 0 radical (unpaired) electrons. The van der Waals surface area contributed by atoms with E-state index in [1.54, 1.807) is 25.1 Å². The van der Waals surface area contributed by atoms with Crippen molar-refractivity contribution in [3.63, 3.8) is 0 Å². The number of sulfonamides is 1. The second-order valence-electron chi connectivity index (χ2n) is 7.52. The van der Waals surface area contributed by atoms with Crippen molar-refractivity contribution in [2.75, 3.05) is 31.1 Å². The zero-order valence-corrected chi connectivity index (χ0v) is 19.7. The molecular weight excluding hydrogens is 448 g/mol. The zero-order valence-electron chi connectivity index (χ0n) is 18.0. The van der Waals surface area contributed by atoms with Crippen LogP contribution >= 0.6 is 11.3 Å². The summed E-state index contributed by atoms with van der Waals surface area (Å²) in [5, 5.41) is 3.77. The molecule has 1 atom stereocenters. The Hall–Kier alpha value is -2.62. The first kappa shape index (κ1) is 22.6. The number of fused-ring (bicyclic) bond motifs is 1. The maximum absolute atomic E-state index is 13.2. The first-order chi connectivity index (χ1) is 15.4. The van der Waals surface area contributed by atoms with Gasteiger partial charge >= 0.3 is 0 Å². The zero-order chi connectivity index (χ0) is 22.7. The van der Waals surface area contributed by atoms with Crippen LogP contribution in [0.2, 0.25) is 0 Å². The van der Waals surface area contributed by atoms with Crippen LogP contribution in [0.5, 0.6) is 5.75 Å². The summed E-state index contributed by atoms with van der Waals surface area (Å²) in [4.78, 5) is 13.4. The molecule has 0 saturated carbocycles. The molecule has 1 saturated heterocycles. The van der Waals surface area contributed by atoms with Gasteiger partial charge in [-0.2, -0.15) is 0 Å². The van der Waals surface area contributed by atoms with E-state index in [0.29, 0.717) is 22.9 Å². The Morgan fingerprint density at radius 1 is 1.22 bits per heavy atom. The SMILES string of the molecule is CCN(c1ccc2sc(C(=O)NC[C@@H]3CCCO3)cc2c1)S(=O)(=O)c1ccc(OC)cc1. The van der Waals surface area contributed by atoms with Gasteiger partial charge in [0.2, 0.25) is 0 Å². The number of nitrogens with zero attached hydrogens (tertiary/aromatic N) is 1. The largest absolute Gasteiger partial charge is 0.497 e. The standard InChI is InChI=1S/C23H26N2O5S2/c1-3-25(32(27,28)20-9-7-18(29-2)8-10-20)17-6-11-21-16(13-17)14-22(31-21)23(26)24-15-19-5-4-12-30-19/h6-11,13-14,19H,3-5,12,15H2,1-2H3,(H,24,26)/t19-/m0/s1. The second-order valence-corrected chi connectivity index (χ2v) is 10.5. The van der Waals surface area contributed by atoms with Crippen molar-refractivity contribution in [2.45, 2.75) is 30.8 Å². The number of nitrogens with one attached hydrogen (secondary N) is 1. The van der Waals surface area contributed by atoms with Crippen LogP contribution in [0.1, 0.15) is 29.4 Å². The molecule has 7 nitrogen and oxygen atoms in total. The number of rotatable bonds is 8. The van der Waals surface area contributed by atoms with Crippen molar-refractivity contribution in [2.24, 2.45) is 0 Å². The molecule has 1 amide bonds. The van der Waals surface area contributed by atoms with Crippen LogP contribution in [0.4, 0.5) is 5.69 Å². The summed E-state index contributed by atoms with van der Waals surface area (Å²) in [6, 6.07) is 13.6. The maximum atomic E-state index is 13.2. The van der Waals surface area contributed by atoms with Gasteiger partial charge in [0, 0.05) is 24.4 Å². The highest BCUT2D eigenvalue weighted by Gasteiger charge is 2.24. The summed E-state index contributed by atoms with van der Waals surface area (Å²) in [6.45, 7) is 3.32. The number of amides is 1. The minimum atomic E-state index is -3.74. The van der Waals surface area contributed by atoms with Gasteiger partial charge in [0.15, 0.2) is 0 Å². The highest BCUT2D eigenvalue weighted by atomic mass is 32.2. The van der Waals surface area contributed by atoms with E-state index in [1.807, 2.05) is 18.2 Å². The van der Waals surface area contributed by atoms with Crippen molar-refractivity contribution in [1.82, 2.24) is 5.32 Å². The van der Waals surface area contributed by atoms with Crippen LogP contribution in [0.25, 0.3) is 10.1 Å². The lowest BCUT2D eigenvalue weighted by Gasteiger charge is -2.23. The van der Waals surface area contributed by atoms with Gasteiger partial charge in [0.1, 0.15) is 5.75 Å². The fourth-order valence-corrected chi connectivity index (χ4v) is 6.19. The number of hydrogen-bond donors (Lipinski definition) is 1. The van der Waals surface area contributed by atoms with Crippen LogP contribution < -0.4 is 14.4 Å². The lowest BCUT2D eigenvalue weighted by molar-refractivity contribution is 0.0861. The van der Waals surface area contributed by atoms with E-state index >= 15 is 0 Å². The smallest absolute Gasteiger partial charge is 0.264 e. The van der Waals surface area contributed by atoms with Gasteiger partial charge in [-0.3, -0.25) is 9.10 Å². The monoisotopic (exact) mass is 474 g/mol. The third-order valence-electron chi connectivity index (χ3n) is 5.46. The predicted molar refractivity (Wildman–Crippen MR) is 126 cm³/mol. The van der Waals surface area contributed by atoms with Crippen molar-refractivity contribution < 1.29 is 22.7 Å². The van der Waals surface area contributed by atoms with Gasteiger partial charge in [-0.1, -0.05) is 0 Å². The fraction of sp³-hybridized carbons (Fsp3) is 0.348. The molecule has 4 rings (SSSR count). The Labute approximate surface area is 192 Å². The Balaban J connectivity index is 1.56. The predicted octanol–water partition coefficient (Wildman–Crippen LogP) is 4.03. The molecule has 2 heterocycles. The van der Waals surface area contributed by atoms with E-state index in [-0.39, 0.29) is 23.5 Å². The van der Waals surface area contributed by atoms with Gasteiger partial charge < -0.3 is 14.8 Å². The molecule has 32 heavy (non-hydrogen) atoms. The topological polar surface area (TPSA) is 84.9 Å². The molecule has 0 aliphatic carbocycles. The van der Waals surface area contributed by atoms with Crippen LogP contribution in [0.15, 0.2) is 53.4 Å². The van der Waals surface area contributed by atoms with E-state index in [0.717, 1.165) is 29.5 Å². The summed E-state index contributed by atoms with van der Waals surface area (Å²) in [5.74, 6) is 0.457. The minimum Gasteiger partial charge on any atom is -0.497 e. The van der Waals surface area contributed by atoms with Crippen LogP contribution in [0, 0.1) is 0 Å². The molecule has 1 fully saturated rings. The summed E-state index contributed by atoms with van der Waals surface area (Å²) < 4.78 is 39.4.